The van der Waals surface area contributed by atoms with Crippen molar-refractivity contribution >= 4 is 22.8 Å². The number of methoxy groups -OCH3 is 3. The minimum atomic E-state index is -0.254. The average Bonchev–Trinajstić information content (AvgIpc) is 3.14. The van der Waals surface area contributed by atoms with Crippen molar-refractivity contribution in [2.45, 2.75) is 38.6 Å². The number of fused-ring (bicyclic) bond motifs is 1. The zero-order valence-corrected chi connectivity index (χ0v) is 23.3. The molecule has 1 aliphatic carbocycles. The molecule has 2 N–H and O–H groups in total. The van der Waals surface area contributed by atoms with Gasteiger partial charge in [-0.05, 0) is 73.7 Å². The number of ketones is 1. The predicted octanol–water partition coefficient (Wildman–Crippen LogP) is 6.54. The van der Waals surface area contributed by atoms with E-state index in [9.17, 15) is 4.79 Å². The second-order valence-corrected chi connectivity index (χ2v) is 9.89. The summed E-state index contributed by atoms with van der Waals surface area (Å²) in [5.41, 5.74) is 6.91. The smallest absolute Gasteiger partial charge is 0.203 e. The summed E-state index contributed by atoms with van der Waals surface area (Å²) in [5, 5.41) is 7.30. The summed E-state index contributed by atoms with van der Waals surface area (Å²) >= 11 is 0. The number of rotatable bonds is 8. The van der Waals surface area contributed by atoms with Gasteiger partial charge in [-0.3, -0.25) is 4.79 Å². The van der Waals surface area contributed by atoms with Crippen LogP contribution >= 0.6 is 0 Å². The number of para-hydroxylation sites is 2. The van der Waals surface area contributed by atoms with Gasteiger partial charge < -0.3 is 29.7 Å². The number of allylic oxidation sites excluding steroid dienone is 1. The first kappa shape index (κ1) is 26.5. The summed E-state index contributed by atoms with van der Waals surface area (Å²) in [7, 11) is 4.81. The van der Waals surface area contributed by atoms with Crippen LogP contribution in [0.25, 0.3) is 0 Å². The summed E-state index contributed by atoms with van der Waals surface area (Å²) in [5.74, 6) is 1.82. The highest BCUT2D eigenvalue weighted by Gasteiger charge is 2.36. The quantitative estimate of drug-likeness (QED) is 0.345. The van der Waals surface area contributed by atoms with Gasteiger partial charge in [0, 0.05) is 36.5 Å². The van der Waals surface area contributed by atoms with Gasteiger partial charge >= 0.3 is 0 Å². The molecule has 2 atom stereocenters. The Balaban J connectivity index is 1.56. The molecule has 0 saturated heterocycles. The second-order valence-electron chi connectivity index (χ2n) is 9.89. The topological polar surface area (TPSA) is 72.1 Å². The molecule has 5 rings (SSSR count). The van der Waals surface area contributed by atoms with Crippen LogP contribution in [0.3, 0.4) is 0 Å². The molecule has 0 spiro atoms. The zero-order chi connectivity index (χ0) is 27.5. The van der Waals surface area contributed by atoms with Crippen LogP contribution in [0.15, 0.2) is 71.9 Å². The number of anilines is 3. The van der Waals surface area contributed by atoms with Crippen molar-refractivity contribution in [2.24, 2.45) is 0 Å². The number of nitrogens with zero attached hydrogens (tertiary/aromatic N) is 1. The molecule has 0 saturated carbocycles. The van der Waals surface area contributed by atoms with Crippen LogP contribution in [0.5, 0.6) is 17.2 Å². The fraction of sp³-hybridized carbons (Fsp3) is 0.344. The second kappa shape index (κ2) is 11.3. The van der Waals surface area contributed by atoms with Gasteiger partial charge in [0.2, 0.25) is 5.75 Å². The van der Waals surface area contributed by atoms with E-state index >= 15 is 0 Å². The highest BCUT2D eigenvalue weighted by Crippen LogP contribution is 2.47. The monoisotopic (exact) mass is 527 g/mol. The summed E-state index contributed by atoms with van der Waals surface area (Å²) < 4.78 is 16.7. The molecule has 0 radical (unpaired) electrons. The lowest BCUT2D eigenvalue weighted by molar-refractivity contribution is -0.116. The minimum absolute atomic E-state index is 0.0339. The van der Waals surface area contributed by atoms with E-state index in [-0.39, 0.29) is 17.7 Å². The number of benzene rings is 3. The SMILES string of the molecule is CCN(CC)c1ccc(C2Nc3ccccc3NC3=C2C(=O)CC(c2cc(OC)c(OC)c(OC)c2)C3)cc1. The van der Waals surface area contributed by atoms with Gasteiger partial charge in [-0.25, -0.2) is 0 Å². The van der Waals surface area contributed by atoms with Crippen LogP contribution in [0.1, 0.15) is 49.8 Å². The maximum absolute atomic E-state index is 14.0. The van der Waals surface area contributed by atoms with Crippen LogP contribution in [-0.2, 0) is 4.79 Å². The van der Waals surface area contributed by atoms with Gasteiger partial charge in [0.15, 0.2) is 17.3 Å². The van der Waals surface area contributed by atoms with E-state index in [1.807, 2.05) is 30.3 Å². The average molecular weight is 528 g/mol. The number of ether oxygens (including phenoxy) is 3. The number of hydrogen-bond donors (Lipinski definition) is 2. The molecule has 0 amide bonds. The Morgan fingerprint density at radius 1 is 0.821 bits per heavy atom. The van der Waals surface area contributed by atoms with E-state index in [0.717, 1.165) is 46.9 Å². The summed E-state index contributed by atoms with van der Waals surface area (Å²) in [4.78, 5) is 16.3. The Bertz CT molecular complexity index is 1350. The minimum Gasteiger partial charge on any atom is -0.493 e. The van der Waals surface area contributed by atoms with Crippen molar-refractivity contribution in [2.75, 3.05) is 50.0 Å². The zero-order valence-electron chi connectivity index (χ0n) is 23.3. The van der Waals surface area contributed by atoms with Crippen molar-refractivity contribution in [1.29, 1.82) is 0 Å². The van der Waals surface area contributed by atoms with Crippen LogP contribution in [0.4, 0.5) is 17.1 Å². The Morgan fingerprint density at radius 3 is 2.05 bits per heavy atom. The van der Waals surface area contributed by atoms with Gasteiger partial charge in [0.05, 0.1) is 38.7 Å². The first-order chi connectivity index (χ1) is 19.0. The van der Waals surface area contributed by atoms with E-state index in [4.69, 9.17) is 14.2 Å². The van der Waals surface area contributed by atoms with Crippen molar-refractivity contribution in [1.82, 2.24) is 0 Å². The third-order valence-corrected chi connectivity index (χ3v) is 7.82. The molecule has 0 fully saturated rings. The largest absolute Gasteiger partial charge is 0.493 e. The fourth-order valence-corrected chi connectivity index (χ4v) is 5.78. The number of Topliss-reactive ketones (excluding diaryl/α,β-unsaturated/α-hetero) is 1. The molecule has 2 unspecified atom stereocenters. The molecular weight excluding hydrogens is 490 g/mol. The molecule has 1 aliphatic heterocycles. The summed E-state index contributed by atoms with van der Waals surface area (Å²) in [6, 6.07) is 20.4. The maximum Gasteiger partial charge on any atom is 0.203 e. The Hall–Kier alpha value is -4.13. The lowest BCUT2D eigenvalue weighted by atomic mass is 9.78. The summed E-state index contributed by atoms with van der Waals surface area (Å²) in [6.45, 7) is 6.22. The van der Waals surface area contributed by atoms with Crippen LogP contribution in [-0.4, -0.2) is 40.2 Å². The molecule has 7 heteroatoms. The predicted molar refractivity (Wildman–Crippen MR) is 157 cm³/mol. The third-order valence-electron chi connectivity index (χ3n) is 7.82. The fourth-order valence-electron chi connectivity index (χ4n) is 5.78. The molecular formula is C32H37N3O4. The molecule has 0 aromatic heterocycles. The van der Waals surface area contributed by atoms with Gasteiger partial charge in [-0.2, -0.15) is 0 Å². The number of carbonyl (C=O) groups is 1. The van der Waals surface area contributed by atoms with Gasteiger partial charge in [-0.1, -0.05) is 24.3 Å². The van der Waals surface area contributed by atoms with E-state index in [2.05, 4.69) is 59.7 Å². The lowest BCUT2D eigenvalue weighted by Gasteiger charge is -2.30. The number of nitrogens with one attached hydrogen (secondary N) is 2. The highest BCUT2D eigenvalue weighted by molar-refractivity contribution is 6.01. The molecule has 204 valence electrons. The van der Waals surface area contributed by atoms with Crippen LogP contribution in [0, 0.1) is 0 Å². The molecule has 39 heavy (non-hydrogen) atoms. The standard InChI is InChI=1S/C32H37N3O4/c1-6-35(7-2)23-14-12-20(13-15-23)31-30-26(33-24-10-8-9-11-25(24)34-31)16-21(17-27(30)36)22-18-28(37-3)32(39-5)29(19-22)38-4/h8-15,18-19,21,31,33-34H,6-7,16-17H2,1-5H3. The Kier molecular flexibility index (Phi) is 7.68. The maximum atomic E-state index is 14.0. The Morgan fingerprint density at radius 2 is 1.46 bits per heavy atom. The van der Waals surface area contributed by atoms with E-state index in [1.165, 1.54) is 5.69 Å². The first-order valence-electron chi connectivity index (χ1n) is 13.5. The number of carbonyl (C=O) groups excluding carboxylic acids is 1. The normalized spacial score (nSPS) is 18.2. The van der Waals surface area contributed by atoms with E-state index in [1.54, 1.807) is 21.3 Å². The third kappa shape index (κ3) is 5.01. The van der Waals surface area contributed by atoms with E-state index in [0.29, 0.717) is 30.1 Å². The van der Waals surface area contributed by atoms with Crippen LogP contribution < -0.4 is 29.7 Å². The van der Waals surface area contributed by atoms with Crippen LogP contribution in [0.2, 0.25) is 0 Å². The van der Waals surface area contributed by atoms with Crippen molar-refractivity contribution < 1.29 is 19.0 Å². The Labute approximate surface area is 230 Å². The lowest BCUT2D eigenvalue weighted by Crippen LogP contribution is -2.27. The molecule has 1 heterocycles. The van der Waals surface area contributed by atoms with Gasteiger partial charge in [0.25, 0.3) is 0 Å². The van der Waals surface area contributed by atoms with Crippen molar-refractivity contribution in [3.8, 4) is 17.2 Å². The van der Waals surface area contributed by atoms with E-state index < -0.39 is 0 Å². The summed E-state index contributed by atoms with van der Waals surface area (Å²) in [6.07, 6.45) is 1.08. The highest BCUT2D eigenvalue weighted by atomic mass is 16.5. The number of hydrogen-bond acceptors (Lipinski definition) is 7. The van der Waals surface area contributed by atoms with Gasteiger partial charge in [-0.15, -0.1) is 0 Å². The molecule has 7 nitrogen and oxygen atoms in total. The molecule has 3 aromatic carbocycles. The molecule has 3 aromatic rings. The van der Waals surface area contributed by atoms with Crippen molar-refractivity contribution in [3.63, 3.8) is 0 Å². The molecule has 2 aliphatic rings. The van der Waals surface area contributed by atoms with Crippen molar-refractivity contribution in [3.05, 3.63) is 83.1 Å². The first-order valence-corrected chi connectivity index (χ1v) is 13.5. The van der Waals surface area contributed by atoms with Gasteiger partial charge in [0.1, 0.15) is 0 Å². The molecule has 0 bridgehead atoms.